The molecule has 254 valence electrons. The van der Waals surface area contributed by atoms with E-state index in [4.69, 9.17) is 0 Å². The highest BCUT2D eigenvalue weighted by Crippen LogP contribution is 2.50. The fourth-order valence-electron chi connectivity index (χ4n) is 10.6. The molecule has 0 atom stereocenters. The molecule has 0 fully saturated rings. The molecule has 0 N–H and O–H groups in total. The zero-order valence-corrected chi connectivity index (χ0v) is 31.6. The second-order valence-corrected chi connectivity index (χ2v) is 19.9. The Morgan fingerprint density at radius 1 is 0.473 bits per heavy atom. The van der Waals surface area contributed by atoms with E-state index in [1.54, 1.807) is 0 Å². The van der Waals surface area contributed by atoms with Crippen LogP contribution in [0.5, 0.6) is 0 Å². The molecule has 8 aromatic carbocycles. The number of anilines is 3. The number of aromatic nitrogens is 1. The van der Waals surface area contributed by atoms with Gasteiger partial charge >= 0.3 is 6.85 Å². The van der Waals surface area contributed by atoms with Crippen LogP contribution in [0, 0.1) is 0 Å². The quantitative estimate of drug-likeness (QED) is 0.165. The van der Waals surface area contributed by atoms with Gasteiger partial charge in [0.2, 0.25) is 0 Å². The zero-order valence-electron chi connectivity index (χ0n) is 29.8. The first-order valence-corrected chi connectivity index (χ1v) is 22.0. The number of nitrogens with zero attached hydrogens (tertiary/aromatic N) is 2. The molecule has 2 aromatic heterocycles. The van der Waals surface area contributed by atoms with Gasteiger partial charge in [0.05, 0.1) is 10.2 Å². The first-order valence-electron chi connectivity index (χ1n) is 19.1. The Hall–Kier alpha value is -6.40. The van der Waals surface area contributed by atoms with Gasteiger partial charge < -0.3 is 9.38 Å². The predicted molar refractivity (Wildman–Crippen MR) is 238 cm³/mol. The van der Waals surface area contributed by atoms with Gasteiger partial charge in [0.25, 0.3) is 0 Å². The predicted octanol–water partition coefficient (Wildman–Crippen LogP) is 8.78. The van der Waals surface area contributed by atoms with E-state index in [1.165, 1.54) is 102 Å². The third kappa shape index (κ3) is 3.70. The highest BCUT2D eigenvalue weighted by molar-refractivity contribution is 7.27. The lowest BCUT2D eigenvalue weighted by Gasteiger charge is -2.49. The van der Waals surface area contributed by atoms with Crippen LogP contribution in [0.2, 0.25) is 0 Å². The maximum Gasteiger partial charge on any atom is 0.333 e. The van der Waals surface area contributed by atoms with Gasteiger partial charge in [-0.05, 0) is 72.6 Å². The Morgan fingerprint density at radius 3 is 1.93 bits per heavy atom. The summed E-state index contributed by atoms with van der Waals surface area (Å²) >= 11 is 1.94. The molecule has 2 nitrogen and oxygen atoms in total. The number of hydrogen-bond donors (Lipinski definition) is 0. The molecule has 10 aromatic rings. The minimum atomic E-state index is -2.82. The molecule has 5 heterocycles. The molecule has 0 spiro atoms. The second-order valence-electron chi connectivity index (χ2n) is 15.2. The fraction of sp³-hybridized carbons (Fsp3) is 0. The van der Waals surface area contributed by atoms with Gasteiger partial charge in [-0.25, -0.2) is 0 Å². The summed E-state index contributed by atoms with van der Waals surface area (Å²) in [5, 5.41) is 8.39. The van der Waals surface area contributed by atoms with Crippen molar-refractivity contribution in [3.05, 3.63) is 188 Å². The van der Waals surface area contributed by atoms with Crippen molar-refractivity contribution in [3.63, 3.8) is 0 Å². The van der Waals surface area contributed by atoms with Crippen molar-refractivity contribution in [2.45, 2.75) is 0 Å². The molecule has 0 amide bonds. The standard InChI is InChI=1S/C50H31BN2SSi/c1-4-16-32(17-5-1)33-30-39-36-23-14-24-38-47(36)53(48-37-22-10-12-27-43(37)54-50(38)48)51-40-25-15-29-45-49(40)52(42(31-33)46(39)51)41-26-11-13-28-44(41)55(45,34-18-6-2-7-19-34)35-20-8-3-9-21-35/h1-31H. The van der Waals surface area contributed by atoms with E-state index in [9.17, 15) is 0 Å². The number of fused-ring (bicyclic) bond motifs is 11. The lowest BCUT2D eigenvalue weighted by molar-refractivity contribution is 1.26. The van der Waals surface area contributed by atoms with Crippen molar-refractivity contribution in [3.8, 4) is 22.3 Å². The molecule has 5 heteroatoms. The van der Waals surface area contributed by atoms with Crippen LogP contribution < -0.4 is 36.6 Å². The van der Waals surface area contributed by atoms with E-state index in [0.29, 0.717) is 0 Å². The minimum Gasteiger partial charge on any atom is -0.374 e. The van der Waals surface area contributed by atoms with Crippen LogP contribution >= 0.6 is 11.3 Å². The highest BCUT2D eigenvalue weighted by Gasteiger charge is 2.53. The average Bonchev–Trinajstić information content (AvgIpc) is 3.80. The van der Waals surface area contributed by atoms with E-state index >= 15 is 0 Å². The van der Waals surface area contributed by atoms with Crippen LogP contribution in [-0.4, -0.2) is 19.4 Å². The van der Waals surface area contributed by atoms with E-state index in [-0.39, 0.29) is 6.85 Å². The van der Waals surface area contributed by atoms with Gasteiger partial charge in [-0.3, -0.25) is 0 Å². The normalized spacial score (nSPS) is 14.3. The van der Waals surface area contributed by atoms with Gasteiger partial charge in [0, 0.05) is 43.6 Å². The van der Waals surface area contributed by atoms with Gasteiger partial charge in [-0.15, -0.1) is 11.3 Å². The van der Waals surface area contributed by atoms with Crippen molar-refractivity contribution >= 4 is 106 Å². The van der Waals surface area contributed by atoms with Crippen molar-refractivity contribution in [1.82, 2.24) is 4.48 Å². The van der Waals surface area contributed by atoms with Crippen LogP contribution in [0.25, 0.3) is 53.5 Å². The maximum absolute atomic E-state index is 2.82. The molecule has 0 bridgehead atoms. The third-order valence-corrected chi connectivity index (χ3v) is 18.6. The summed E-state index contributed by atoms with van der Waals surface area (Å²) in [7, 11) is -2.82. The van der Waals surface area contributed by atoms with Crippen molar-refractivity contribution in [2.24, 2.45) is 0 Å². The Balaban J connectivity index is 1.25. The van der Waals surface area contributed by atoms with E-state index in [1.807, 2.05) is 11.3 Å². The van der Waals surface area contributed by atoms with Crippen LogP contribution in [0.15, 0.2) is 188 Å². The molecular weight excluding hydrogens is 700 g/mol. The molecule has 0 saturated carbocycles. The molecule has 55 heavy (non-hydrogen) atoms. The average molecular weight is 731 g/mol. The Labute approximate surface area is 324 Å². The third-order valence-electron chi connectivity index (χ3n) is 12.6. The highest BCUT2D eigenvalue weighted by atomic mass is 32.1. The Morgan fingerprint density at radius 2 is 1.13 bits per heavy atom. The maximum atomic E-state index is 2.74. The van der Waals surface area contributed by atoms with Crippen LogP contribution in [0.3, 0.4) is 0 Å². The number of rotatable bonds is 3. The molecular formula is C50H31BN2SSi. The summed E-state index contributed by atoms with van der Waals surface area (Å²) in [4.78, 5) is 2.66. The Bertz CT molecular complexity index is 3180. The molecule has 0 aliphatic carbocycles. The monoisotopic (exact) mass is 730 g/mol. The van der Waals surface area contributed by atoms with E-state index in [2.05, 4.69) is 197 Å². The summed E-state index contributed by atoms with van der Waals surface area (Å²) in [6, 6.07) is 71.4. The summed E-state index contributed by atoms with van der Waals surface area (Å²) in [6.07, 6.45) is 0. The topological polar surface area (TPSA) is 8.17 Å². The minimum absolute atomic E-state index is 0.00237. The van der Waals surface area contributed by atoms with Crippen molar-refractivity contribution in [2.75, 3.05) is 4.90 Å². The van der Waals surface area contributed by atoms with Gasteiger partial charge in [0.15, 0.2) is 8.07 Å². The van der Waals surface area contributed by atoms with Crippen LogP contribution in [0.4, 0.5) is 17.1 Å². The number of thiophene rings is 1. The van der Waals surface area contributed by atoms with Crippen molar-refractivity contribution in [1.29, 1.82) is 0 Å². The van der Waals surface area contributed by atoms with Crippen molar-refractivity contribution < 1.29 is 0 Å². The van der Waals surface area contributed by atoms with E-state index < -0.39 is 8.07 Å². The number of benzene rings is 8. The van der Waals surface area contributed by atoms with Gasteiger partial charge in [-0.2, -0.15) is 0 Å². The van der Waals surface area contributed by atoms with Gasteiger partial charge in [-0.1, -0.05) is 164 Å². The van der Waals surface area contributed by atoms with Crippen LogP contribution in [0.1, 0.15) is 0 Å². The molecule has 0 radical (unpaired) electrons. The lowest BCUT2D eigenvalue weighted by atomic mass is 9.45. The number of hydrogen-bond acceptors (Lipinski definition) is 2. The summed E-state index contributed by atoms with van der Waals surface area (Å²) in [5.74, 6) is 0. The van der Waals surface area contributed by atoms with Crippen LogP contribution in [-0.2, 0) is 0 Å². The molecule has 3 aliphatic rings. The first-order chi connectivity index (χ1) is 27.3. The van der Waals surface area contributed by atoms with Gasteiger partial charge in [0.1, 0.15) is 0 Å². The zero-order chi connectivity index (χ0) is 35.8. The molecule has 13 rings (SSSR count). The summed E-state index contributed by atoms with van der Waals surface area (Å²) in [6.45, 7) is -0.00237. The molecule has 3 aliphatic heterocycles. The second kappa shape index (κ2) is 10.9. The summed E-state index contributed by atoms with van der Waals surface area (Å²) < 4.78 is 5.47. The molecule has 0 unspecified atom stereocenters. The lowest BCUT2D eigenvalue weighted by Crippen LogP contribution is -2.78. The fourth-order valence-corrected chi connectivity index (χ4v) is 16.9. The largest absolute Gasteiger partial charge is 0.374 e. The summed E-state index contributed by atoms with van der Waals surface area (Å²) in [5.41, 5.74) is 14.5. The van der Waals surface area contributed by atoms with E-state index in [0.717, 1.165) is 0 Å². The number of para-hydroxylation sites is 3. The SMILES string of the molecule is c1ccc(-c2cc3c4c(c2)N2c5ccccc5[Si](c5ccccc5)(c5ccccc5)c5cccc(c52)B4n2c4c-3cccc4c3sc4ccccc4c32)cc1. The first kappa shape index (κ1) is 30.0. The molecule has 0 saturated heterocycles. The Kier molecular flexibility index (Phi) is 5.92. The smallest absolute Gasteiger partial charge is 0.333 e.